The first-order valence-electron chi connectivity index (χ1n) is 5.70. The quantitative estimate of drug-likeness (QED) is 0.845. The van der Waals surface area contributed by atoms with Crippen molar-refractivity contribution < 1.29 is 5.11 Å². The van der Waals surface area contributed by atoms with Crippen molar-refractivity contribution in [2.24, 2.45) is 0 Å². The van der Waals surface area contributed by atoms with Crippen molar-refractivity contribution in [3.63, 3.8) is 0 Å². The van der Waals surface area contributed by atoms with E-state index in [4.69, 9.17) is 0 Å². The number of hydrogen-bond acceptors (Lipinski definition) is 2. The fourth-order valence-electron chi connectivity index (χ4n) is 2.23. The molecular weight excluding hydrogens is 204 g/mol. The summed E-state index contributed by atoms with van der Waals surface area (Å²) in [4.78, 5) is 1.29. The average molecular weight is 222 g/mol. The third kappa shape index (κ3) is 2.76. The molecule has 0 aliphatic heterocycles. The van der Waals surface area contributed by atoms with Gasteiger partial charge in [0.25, 0.3) is 0 Å². The topological polar surface area (TPSA) is 20.2 Å². The number of aliphatic hydroxyl groups excluding tert-OH is 1. The second kappa shape index (κ2) is 5.04. The van der Waals surface area contributed by atoms with Crippen LogP contribution < -0.4 is 0 Å². The molecule has 1 nitrogen and oxygen atoms in total. The van der Waals surface area contributed by atoms with Crippen molar-refractivity contribution in [3.8, 4) is 0 Å². The molecule has 1 fully saturated rings. The van der Waals surface area contributed by atoms with Gasteiger partial charge < -0.3 is 5.11 Å². The van der Waals surface area contributed by atoms with Crippen LogP contribution in [0, 0.1) is 0 Å². The van der Waals surface area contributed by atoms with Crippen LogP contribution in [0.15, 0.2) is 35.2 Å². The van der Waals surface area contributed by atoms with E-state index in [0.717, 1.165) is 12.8 Å². The number of hydrogen-bond donors (Lipinski definition) is 1. The number of benzene rings is 1. The van der Waals surface area contributed by atoms with Gasteiger partial charge in [-0.25, -0.2) is 0 Å². The van der Waals surface area contributed by atoms with Crippen LogP contribution in [0.5, 0.6) is 0 Å². The molecule has 0 bridgehead atoms. The first kappa shape index (κ1) is 11.0. The van der Waals surface area contributed by atoms with Crippen LogP contribution in [0.25, 0.3) is 0 Å². The van der Waals surface area contributed by atoms with Crippen LogP contribution in [0.3, 0.4) is 0 Å². The zero-order valence-electron chi connectivity index (χ0n) is 8.98. The lowest BCUT2D eigenvalue weighted by molar-refractivity contribution is 0.214. The molecule has 0 unspecified atom stereocenters. The third-order valence-electron chi connectivity index (χ3n) is 3.13. The van der Waals surface area contributed by atoms with Crippen molar-refractivity contribution in [1.82, 2.24) is 0 Å². The SMILES string of the molecule is OCC1(Sc2ccccc2)CCCCC1. The van der Waals surface area contributed by atoms with E-state index in [9.17, 15) is 5.11 Å². The number of rotatable bonds is 3. The predicted molar refractivity (Wildman–Crippen MR) is 65.2 cm³/mol. The second-order valence-electron chi connectivity index (χ2n) is 4.32. The van der Waals surface area contributed by atoms with E-state index in [1.54, 1.807) is 0 Å². The van der Waals surface area contributed by atoms with Gasteiger partial charge in [-0.3, -0.25) is 0 Å². The lowest BCUT2D eigenvalue weighted by Gasteiger charge is -2.34. The van der Waals surface area contributed by atoms with Gasteiger partial charge in [0, 0.05) is 9.64 Å². The summed E-state index contributed by atoms with van der Waals surface area (Å²) in [5.41, 5.74) is 0. The normalized spacial score (nSPS) is 20.1. The molecule has 0 amide bonds. The molecule has 1 N–H and O–H groups in total. The lowest BCUT2D eigenvalue weighted by Crippen LogP contribution is -2.31. The Morgan fingerprint density at radius 2 is 1.73 bits per heavy atom. The second-order valence-corrected chi connectivity index (χ2v) is 5.86. The van der Waals surface area contributed by atoms with Crippen LogP contribution in [-0.4, -0.2) is 16.5 Å². The average Bonchev–Trinajstić information content (AvgIpc) is 2.32. The van der Waals surface area contributed by atoms with Crippen LogP contribution in [0.1, 0.15) is 32.1 Å². The highest BCUT2D eigenvalue weighted by atomic mass is 32.2. The van der Waals surface area contributed by atoms with Gasteiger partial charge in [-0.2, -0.15) is 0 Å². The fourth-order valence-corrected chi connectivity index (χ4v) is 3.58. The molecule has 1 saturated carbocycles. The summed E-state index contributed by atoms with van der Waals surface area (Å²) < 4.78 is 0.0968. The van der Waals surface area contributed by atoms with Gasteiger partial charge in [0.2, 0.25) is 0 Å². The molecule has 2 heteroatoms. The Hall–Kier alpha value is -0.470. The smallest absolute Gasteiger partial charge is 0.0581 e. The Labute approximate surface area is 95.9 Å². The summed E-state index contributed by atoms with van der Waals surface area (Å²) in [5.74, 6) is 0. The van der Waals surface area contributed by atoms with Crippen LogP contribution >= 0.6 is 11.8 Å². The Morgan fingerprint density at radius 1 is 1.07 bits per heavy atom. The zero-order valence-corrected chi connectivity index (χ0v) is 9.80. The molecule has 82 valence electrons. The van der Waals surface area contributed by atoms with Crippen molar-refractivity contribution >= 4 is 11.8 Å². The zero-order chi connectivity index (χ0) is 10.6. The van der Waals surface area contributed by atoms with E-state index in [1.807, 2.05) is 17.8 Å². The molecular formula is C13H18OS. The Bertz CT molecular complexity index is 291. The van der Waals surface area contributed by atoms with Gasteiger partial charge in [0.05, 0.1) is 6.61 Å². The van der Waals surface area contributed by atoms with E-state index in [1.165, 1.54) is 24.2 Å². The maximum absolute atomic E-state index is 9.58. The minimum absolute atomic E-state index is 0.0968. The van der Waals surface area contributed by atoms with Gasteiger partial charge in [-0.1, -0.05) is 37.5 Å². The standard InChI is InChI=1S/C13H18OS/c14-11-13(9-5-2-6-10-13)15-12-7-3-1-4-8-12/h1,3-4,7-8,14H,2,5-6,9-11H2. The molecule has 0 atom stereocenters. The minimum Gasteiger partial charge on any atom is -0.395 e. The maximum Gasteiger partial charge on any atom is 0.0581 e. The number of thioether (sulfide) groups is 1. The Balaban J connectivity index is 2.07. The molecule has 0 heterocycles. The summed E-state index contributed by atoms with van der Waals surface area (Å²) in [7, 11) is 0. The molecule has 1 aliphatic rings. The predicted octanol–water partition coefficient (Wildman–Crippen LogP) is 3.47. The largest absolute Gasteiger partial charge is 0.395 e. The molecule has 0 aromatic heterocycles. The molecule has 2 rings (SSSR count). The Morgan fingerprint density at radius 3 is 2.33 bits per heavy atom. The molecule has 0 saturated heterocycles. The first-order chi connectivity index (χ1) is 7.35. The molecule has 1 aromatic carbocycles. The van der Waals surface area contributed by atoms with E-state index in [2.05, 4.69) is 24.3 Å². The molecule has 0 spiro atoms. The van der Waals surface area contributed by atoms with Gasteiger partial charge in [-0.05, 0) is 25.0 Å². The Kier molecular flexibility index (Phi) is 3.71. The summed E-state index contributed by atoms with van der Waals surface area (Å²) >= 11 is 1.86. The third-order valence-corrected chi connectivity index (χ3v) is 4.61. The van der Waals surface area contributed by atoms with E-state index >= 15 is 0 Å². The molecule has 1 aliphatic carbocycles. The van der Waals surface area contributed by atoms with Crippen molar-refractivity contribution in [3.05, 3.63) is 30.3 Å². The van der Waals surface area contributed by atoms with Gasteiger partial charge in [0.1, 0.15) is 0 Å². The van der Waals surface area contributed by atoms with Crippen LogP contribution in [0.4, 0.5) is 0 Å². The fraction of sp³-hybridized carbons (Fsp3) is 0.538. The molecule has 15 heavy (non-hydrogen) atoms. The highest BCUT2D eigenvalue weighted by Gasteiger charge is 2.32. The number of aliphatic hydroxyl groups is 1. The molecule has 0 radical (unpaired) electrons. The minimum atomic E-state index is 0.0968. The van der Waals surface area contributed by atoms with Gasteiger partial charge in [0.15, 0.2) is 0 Å². The van der Waals surface area contributed by atoms with Crippen LogP contribution in [-0.2, 0) is 0 Å². The highest BCUT2D eigenvalue weighted by Crippen LogP contribution is 2.43. The first-order valence-corrected chi connectivity index (χ1v) is 6.51. The monoisotopic (exact) mass is 222 g/mol. The summed E-state index contributed by atoms with van der Waals surface area (Å²) in [6.45, 7) is 0.312. The molecule has 1 aromatic rings. The van der Waals surface area contributed by atoms with Gasteiger partial charge >= 0.3 is 0 Å². The van der Waals surface area contributed by atoms with Crippen molar-refractivity contribution in [1.29, 1.82) is 0 Å². The van der Waals surface area contributed by atoms with E-state index in [-0.39, 0.29) is 4.75 Å². The maximum atomic E-state index is 9.58. The summed E-state index contributed by atoms with van der Waals surface area (Å²) in [6, 6.07) is 10.4. The van der Waals surface area contributed by atoms with Gasteiger partial charge in [-0.15, -0.1) is 11.8 Å². The highest BCUT2D eigenvalue weighted by molar-refractivity contribution is 8.00. The lowest BCUT2D eigenvalue weighted by atomic mass is 9.89. The summed E-state index contributed by atoms with van der Waals surface area (Å²) in [5, 5.41) is 9.58. The van der Waals surface area contributed by atoms with Crippen molar-refractivity contribution in [2.75, 3.05) is 6.61 Å². The van der Waals surface area contributed by atoms with Crippen LogP contribution in [0.2, 0.25) is 0 Å². The van der Waals surface area contributed by atoms with Crippen molar-refractivity contribution in [2.45, 2.75) is 41.7 Å². The van der Waals surface area contributed by atoms with E-state index < -0.39 is 0 Å². The summed E-state index contributed by atoms with van der Waals surface area (Å²) in [6.07, 6.45) is 6.17. The van der Waals surface area contributed by atoms with E-state index in [0.29, 0.717) is 6.61 Å².